The van der Waals surface area contributed by atoms with Crippen LogP contribution in [-0.2, 0) is 23.0 Å². The second-order valence-electron chi connectivity index (χ2n) is 4.05. The summed E-state index contributed by atoms with van der Waals surface area (Å²) in [6.07, 6.45) is 2.94. The van der Waals surface area contributed by atoms with E-state index in [4.69, 9.17) is 11.6 Å². The minimum atomic E-state index is -3.17. The van der Waals surface area contributed by atoms with E-state index in [1.54, 1.807) is 6.20 Å². The van der Waals surface area contributed by atoms with Crippen LogP contribution in [0.15, 0.2) is 18.3 Å². The van der Waals surface area contributed by atoms with Crippen molar-refractivity contribution in [2.45, 2.75) is 19.4 Å². The SMILES string of the molecule is O=S(=O)(CCCCl)N1CCc2ncccc2C1. The third kappa shape index (κ3) is 2.97. The van der Waals surface area contributed by atoms with Crippen molar-refractivity contribution in [1.82, 2.24) is 9.29 Å². The maximum Gasteiger partial charge on any atom is 0.214 e. The zero-order chi connectivity index (χ0) is 12.3. The third-order valence-electron chi connectivity index (χ3n) is 2.86. The van der Waals surface area contributed by atoms with Crippen molar-refractivity contribution in [2.24, 2.45) is 0 Å². The maximum absolute atomic E-state index is 12.0. The van der Waals surface area contributed by atoms with Crippen LogP contribution in [0.3, 0.4) is 0 Å². The molecular weight excluding hydrogens is 260 g/mol. The molecule has 6 heteroatoms. The first-order valence-corrected chi connectivity index (χ1v) is 7.74. The molecule has 2 heterocycles. The number of nitrogens with zero attached hydrogens (tertiary/aromatic N) is 2. The molecule has 1 aliphatic rings. The number of halogens is 1. The van der Waals surface area contributed by atoms with Crippen molar-refractivity contribution >= 4 is 21.6 Å². The highest BCUT2D eigenvalue weighted by Gasteiger charge is 2.26. The third-order valence-corrected chi connectivity index (χ3v) is 5.03. The Kier molecular flexibility index (Phi) is 4.01. The molecule has 0 saturated heterocycles. The molecule has 0 aliphatic carbocycles. The van der Waals surface area contributed by atoms with Gasteiger partial charge in [0.2, 0.25) is 10.0 Å². The van der Waals surface area contributed by atoms with Crippen LogP contribution in [0.2, 0.25) is 0 Å². The van der Waals surface area contributed by atoms with Crippen LogP contribution in [0.1, 0.15) is 17.7 Å². The highest BCUT2D eigenvalue weighted by Crippen LogP contribution is 2.19. The van der Waals surface area contributed by atoms with Gasteiger partial charge in [0.05, 0.1) is 5.75 Å². The Morgan fingerprint density at radius 2 is 2.29 bits per heavy atom. The van der Waals surface area contributed by atoms with Crippen LogP contribution in [0, 0.1) is 0 Å². The van der Waals surface area contributed by atoms with Gasteiger partial charge in [0.25, 0.3) is 0 Å². The molecule has 0 fully saturated rings. The molecule has 4 nitrogen and oxygen atoms in total. The molecule has 2 rings (SSSR count). The summed E-state index contributed by atoms with van der Waals surface area (Å²) in [6, 6.07) is 3.78. The molecule has 0 N–H and O–H groups in total. The van der Waals surface area contributed by atoms with Crippen molar-refractivity contribution in [3.05, 3.63) is 29.6 Å². The lowest BCUT2D eigenvalue weighted by atomic mass is 10.1. The maximum atomic E-state index is 12.0. The molecule has 1 aromatic heterocycles. The van der Waals surface area contributed by atoms with Crippen LogP contribution >= 0.6 is 11.6 Å². The van der Waals surface area contributed by atoms with E-state index in [0.717, 1.165) is 11.3 Å². The Bertz CT molecular complexity index is 490. The smallest absolute Gasteiger partial charge is 0.214 e. The summed E-state index contributed by atoms with van der Waals surface area (Å²) in [5, 5.41) is 0. The molecule has 1 aliphatic heterocycles. The van der Waals surface area contributed by atoms with E-state index in [1.807, 2.05) is 12.1 Å². The number of aromatic nitrogens is 1. The molecule has 0 saturated carbocycles. The fourth-order valence-corrected chi connectivity index (χ4v) is 3.71. The van der Waals surface area contributed by atoms with E-state index in [9.17, 15) is 8.42 Å². The predicted molar refractivity (Wildman–Crippen MR) is 67.5 cm³/mol. The molecule has 0 atom stereocenters. The lowest BCUT2D eigenvalue weighted by Crippen LogP contribution is -2.37. The van der Waals surface area contributed by atoms with Crippen LogP contribution < -0.4 is 0 Å². The summed E-state index contributed by atoms with van der Waals surface area (Å²) in [6.45, 7) is 0.961. The van der Waals surface area contributed by atoms with Gasteiger partial charge in [-0.1, -0.05) is 6.07 Å². The molecule has 0 unspecified atom stereocenters. The lowest BCUT2D eigenvalue weighted by molar-refractivity contribution is 0.387. The first kappa shape index (κ1) is 12.8. The quantitative estimate of drug-likeness (QED) is 0.780. The summed E-state index contributed by atoms with van der Waals surface area (Å²) in [4.78, 5) is 4.26. The number of pyridine rings is 1. The van der Waals surface area contributed by atoms with Crippen LogP contribution in [0.5, 0.6) is 0 Å². The largest absolute Gasteiger partial charge is 0.261 e. The summed E-state index contributed by atoms with van der Waals surface area (Å²) < 4.78 is 25.5. The van der Waals surface area contributed by atoms with Gasteiger partial charge in [0, 0.05) is 37.3 Å². The number of hydrogen-bond acceptors (Lipinski definition) is 3. The highest BCUT2D eigenvalue weighted by atomic mass is 35.5. The van der Waals surface area contributed by atoms with E-state index >= 15 is 0 Å². The molecule has 94 valence electrons. The number of hydrogen-bond donors (Lipinski definition) is 0. The van der Waals surface area contributed by atoms with E-state index < -0.39 is 10.0 Å². The first-order valence-electron chi connectivity index (χ1n) is 5.60. The molecular formula is C11H15ClN2O2S. The van der Waals surface area contributed by atoms with Crippen LogP contribution in [0.4, 0.5) is 0 Å². The average molecular weight is 275 g/mol. The fourth-order valence-electron chi connectivity index (χ4n) is 1.94. The van der Waals surface area contributed by atoms with Gasteiger partial charge in [-0.05, 0) is 18.1 Å². The summed E-state index contributed by atoms with van der Waals surface area (Å²) >= 11 is 5.53. The first-order chi connectivity index (χ1) is 8.13. The predicted octanol–water partition coefficient (Wildman–Crippen LogP) is 1.40. The molecule has 1 aromatic rings. The Balaban J connectivity index is 2.12. The van der Waals surface area contributed by atoms with Gasteiger partial charge in [-0.25, -0.2) is 8.42 Å². The Morgan fingerprint density at radius 3 is 3.06 bits per heavy atom. The van der Waals surface area contributed by atoms with E-state index in [1.165, 1.54) is 4.31 Å². The van der Waals surface area contributed by atoms with Crippen LogP contribution in [0.25, 0.3) is 0 Å². The van der Waals surface area contributed by atoms with Gasteiger partial charge < -0.3 is 0 Å². The van der Waals surface area contributed by atoms with Crippen molar-refractivity contribution < 1.29 is 8.42 Å². The molecule has 0 amide bonds. The molecule has 0 spiro atoms. The zero-order valence-electron chi connectivity index (χ0n) is 9.47. The van der Waals surface area contributed by atoms with Gasteiger partial charge in [0.1, 0.15) is 0 Å². The van der Waals surface area contributed by atoms with Gasteiger partial charge in [-0.2, -0.15) is 4.31 Å². The standard InChI is InChI=1S/C11H15ClN2O2S/c12-5-2-8-17(15,16)14-7-4-11-10(9-14)3-1-6-13-11/h1,3,6H,2,4-5,7-9H2. The van der Waals surface area contributed by atoms with Gasteiger partial charge in [0.15, 0.2) is 0 Å². The number of sulfonamides is 1. The van der Waals surface area contributed by atoms with E-state index in [0.29, 0.717) is 31.8 Å². The number of alkyl halides is 1. The van der Waals surface area contributed by atoms with Crippen molar-refractivity contribution in [3.63, 3.8) is 0 Å². The van der Waals surface area contributed by atoms with Crippen LogP contribution in [-0.4, -0.2) is 35.9 Å². The van der Waals surface area contributed by atoms with E-state index in [-0.39, 0.29) is 5.75 Å². The monoisotopic (exact) mass is 274 g/mol. The van der Waals surface area contributed by atoms with E-state index in [2.05, 4.69) is 4.98 Å². The second kappa shape index (κ2) is 5.33. The molecule has 0 bridgehead atoms. The molecule has 0 aromatic carbocycles. The molecule has 17 heavy (non-hydrogen) atoms. The highest BCUT2D eigenvalue weighted by molar-refractivity contribution is 7.89. The zero-order valence-corrected chi connectivity index (χ0v) is 11.0. The summed E-state index contributed by atoms with van der Waals surface area (Å²) in [5.41, 5.74) is 2.02. The van der Waals surface area contributed by atoms with Gasteiger partial charge in [-0.3, -0.25) is 4.98 Å². The van der Waals surface area contributed by atoms with Crippen molar-refractivity contribution in [2.75, 3.05) is 18.2 Å². The molecule has 0 radical (unpaired) electrons. The van der Waals surface area contributed by atoms with Crippen molar-refractivity contribution in [1.29, 1.82) is 0 Å². The topological polar surface area (TPSA) is 50.3 Å². The Morgan fingerprint density at radius 1 is 1.47 bits per heavy atom. The number of rotatable bonds is 4. The minimum Gasteiger partial charge on any atom is -0.261 e. The Labute approximate surface area is 107 Å². The average Bonchev–Trinajstić information content (AvgIpc) is 2.36. The van der Waals surface area contributed by atoms with Gasteiger partial charge >= 0.3 is 0 Å². The number of fused-ring (bicyclic) bond motifs is 1. The van der Waals surface area contributed by atoms with Gasteiger partial charge in [-0.15, -0.1) is 11.6 Å². The fraction of sp³-hybridized carbons (Fsp3) is 0.545. The normalized spacial score (nSPS) is 16.8. The lowest BCUT2D eigenvalue weighted by Gasteiger charge is -2.27. The Hall–Kier alpha value is -0.650. The summed E-state index contributed by atoms with van der Waals surface area (Å²) in [5.74, 6) is 0.511. The second-order valence-corrected chi connectivity index (χ2v) is 6.52. The minimum absolute atomic E-state index is 0.131. The summed E-state index contributed by atoms with van der Waals surface area (Å²) in [7, 11) is -3.17. The van der Waals surface area contributed by atoms with Crippen molar-refractivity contribution in [3.8, 4) is 0 Å².